The van der Waals surface area contributed by atoms with Crippen molar-refractivity contribution in [3.05, 3.63) is 65.7 Å². The van der Waals surface area contributed by atoms with Gasteiger partial charge in [0.25, 0.3) is 0 Å². The zero-order valence-electron chi connectivity index (χ0n) is 12.4. The Morgan fingerprint density at radius 1 is 1.00 bits per heavy atom. The van der Waals surface area contributed by atoms with Crippen LogP contribution in [0.1, 0.15) is 37.9 Å². The molecule has 2 aromatic carbocycles. The van der Waals surface area contributed by atoms with Gasteiger partial charge < -0.3 is 10.4 Å². The molecule has 2 aromatic rings. The van der Waals surface area contributed by atoms with E-state index in [9.17, 15) is 5.11 Å². The number of phenols is 1. The molecule has 0 spiro atoms. The summed E-state index contributed by atoms with van der Waals surface area (Å²) < 4.78 is 0. The molecule has 20 heavy (non-hydrogen) atoms. The van der Waals surface area contributed by atoms with Crippen LogP contribution in [0.3, 0.4) is 0 Å². The molecule has 0 unspecified atom stereocenters. The summed E-state index contributed by atoms with van der Waals surface area (Å²) in [5.41, 5.74) is 2.51. The predicted molar refractivity (Wildman–Crippen MR) is 83.9 cm³/mol. The van der Waals surface area contributed by atoms with Crippen LogP contribution < -0.4 is 5.32 Å². The highest BCUT2D eigenvalue weighted by Gasteiger charge is 2.21. The molecule has 1 atom stereocenters. The maximum Gasteiger partial charge on any atom is 0.115 e. The maximum absolute atomic E-state index is 9.33. The normalized spacial score (nSPS) is 13.2. The van der Waals surface area contributed by atoms with Crippen molar-refractivity contribution < 1.29 is 5.11 Å². The molecule has 0 bridgehead atoms. The summed E-state index contributed by atoms with van der Waals surface area (Å²) >= 11 is 0. The molecule has 0 saturated heterocycles. The van der Waals surface area contributed by atoms with E-state index >= 15 is 0 Å². The topological polar surface area (TPSA) is 32.3 Å². The summed E-state index contributed by atoms with van der Waals surface area (Å²) in [5.74, 6) is 0.317. The highest BCUT2D eigenvalue weighted by Crippen LogP contribution is 2.20. The zero-order valence-corrected chi connectivity index (χ0v) is 12.4. The Morgan fingerprint density at radius 3 is 2.20 bits per heavy atom. The summed E-state index contributed by atoms with van der Waals surface area (Å²) in [7, 11) is 0. The van der Waals surface area contributed by atoms with Gasteiger partial charge in [-0.15, -0.1) is 0 Å². The van der Waals surface area contributed by atoms with Crippen LogP contribution in [0, 0.1) is 0 Å². The number of aromatic hydroxyl groups is 1. The lowest BCUT2D eigenvalue weighted by atomic mass is 9.93. The van der Waals surface area contributed by atoms with Crippen molar-refractivity contribution in [1.82, 2.24) is 5.32 Å². The molecule has 2 N–H and O–H groups in total. The molecule has 0 radical (unpaired) electrons. The van der Waals surface area contributed by atoms with Crippen LogP contribution in [0.4, 0.5) is 0 Å². The Hall–Kier alpha value is -1.80. The molecule has 0 saturated carbocycles. The first-order chi connectivity index (χ1) is 9.46. The van der Waals surface area contributed by atoms with Crippen LogP contribution in [-0.2, 0) is 6.42 Å². The second kappa shape index (κ2) is 6.10. The molecular weight excluding hydrogens is 246 g/mol. The quantitative estimate of drug-likeness (QED) is 0.857. The maximum atomic E-state index is 9.33. The molecule has 0 fully saturated rings. The van der Waals surface area contributed by atoms with Gasteiger partial charge in [0.1, 0.15) is 5.75 Å². The van der Waals surface area contributed by atoms with E-state index in [1.54, 1.807) is 12.1 Å². The lowest BCUT2D eigenvalue weighted by molar-refractivity contribution is 0.345. The van der Waals surface area contributed by atoms with Gasteiger partial charge in [-0.05, 0) is 50.5 Å². The monoisotopic (exact) mass is 269 g/mol. The van der Waals surface area contributed by atoms with Gasteiger partial charge in [-0.2, -0.15) is 0 Å². The standard InChI is InChI=1S/C18H23NO/c1-14(16-7-5-4-6-8-16)19-18(2,3)13-15-9-11-17(20)12-10-15/h4-12,14,19-20H,13H2,1-3H3/t14-/m0/s1. The molecular formula is C18H23NO. The first kappa shape index (κ1) is 14.6. The van der Waals surface area contributed by atoms with Gasteiger partial charge in [0.05, 0.1) is 0 Å². The Kier molecular flexibility index (Phi) is 4.46. The summed E-state index contributed by atoms with van der Waals surface area (Å²) in [6.45, 7) is 6.60. The third kappa shape index (κ3) is 4.10. The Labute approximate surface area is 121 Å². The second-order valence-corrected chi connectivity index (χ2v) is 6.00. The average Bonchev–Trinajstić information content (AvgIpc) is 2.41. The summed E-state index contributed by atoms with van der Waals surface area (Å²) in [4.78, 5) is 0. The van der Waals surface area contributed by atoms with Crippen LogP contribution in [-0.4, -0.2) is 10.6 Å². The number of nitrogens with one attached hydrogen (secondary N) is 1. The second-order valence-electron chi connectivity index (χ2n) is 6.00. The summed E-state index contributed by atoms with van der Waals surface area (Å²) in [6, 6.07) is 18.2. The van der Waals surface area contributed by atoms with Gasteiger partial charge in [-0.3, -0.25) is 0 Å². The van der Waals surface area contributed by atoms with E-state index < -0.39 is 0 Å². The first-order valence-electron chi connectivity index (χ1n) is 7.07. The molecule has 2 rings (SSSR count). The van der Waals surface area contributed by atoms with Crippen molar-refractivity contribution >= 4 is 0 Å². The van der Waals surface area contributed by atoms with E-state index in [-0.39, 0.29) is 5.54 Å². The SMILES string of the molecule is C[C@H](NC(C)(C)Cc1ccc(O)cc1)c1ccccc1. The molecule has 0 amide bonds. The summed E-state index contributed by atoms with van der Waals surface area (Å²) in [6.07, 6.45) is 0.921. The predicted octanol–water partition coefficient (Wildman–Crippen LogP) is 4.06. The minimum absolute atomic E-state index is 0.00771. The number of benzene rings is 2. The molecule has 0 heterocycles. The number of hydrogen-bond acceptors (Lipinski definition) is 2. The highest BCUT2D eigenvalue weighted by molar-refractivity contribution is 5.27. The van der Waals surface area contributed by atoms with Gasteiger partial charge in [0.2, 0.25) is 0 Å². The van der Waals surface area contributed by atoms with Crippen molar-refractivity contribution in [2.75, 3.05) is 0 Å². The van der Waals surface area contributed by atoms with Crippen molar-refractivity contribution in [3.8, 4) is 5.75 Å². The van der Waals surface area contributed by atoms with Crippen LogP contribution in [0.2, 0.25) is 0 Å². The van der Waals surface area contributed by atoms with Crippen LogP contribution in [0.5, 0.6) is 5.75 Å². The molecule has 0 aliphatic carbocycles. The van der Waals surface area contributed by atoms with Gasteiger partial charge in [0.15, 0.2) is 0 Å². The number of hydrogen-bond donors (Lipinski definition) is 2. The molecule has 2 heteroatoms. The van der Waals surface area contributed by atoms with Crippen LogP contribution in [0.25, 0.3) is 0 Å². The van der Waals surface area contributed by atoms with E-state index in [1.807, 2.05) is 18.2 Å². The Bertz CT molecular complexity index is 531. The highest BCUT2D eigenvalue weighted by atomic mass is 16.3. The average molecular weight is 269 g/mol. The molecule has 0 aliphatic rings. The van der Waals surface area contributed by atoms with Crippen molar-refractivity contribution in [2.45, 2.75) is 38.8 Å². The number of rotatable bonds is 5. The van der Waals surface area contributed by atoms with Gasteiger partial charge >= 0.3 is 0 Å². The molecule has 2 nitrogen and oxygen atoms in total. The largest absolute Gasteiger partial charge is 0.508 e. The summed E-state index contributed by atoms with van der Waals surface area (Å²) in [5, 5.41) is 13.0. The lowest BCUT2D eigenvalue weighted by Crippen LogP contribution is -2.42. The van der Waals surface area contributed by atoms with Gasteiger partial charge in [-0.1, -0.05) is 42.5 Å². The Balaban J connectivity index is 2.01. The van der Waals surface area contributed by atoms with Gasteiger partial charge in [-0.25, -0.2) is 0 Å². The first-order valence-corrected chi connectivity index (χ1v) is 7.07. The molecule has 0 aromatic heterocycles. The fourth-order valence-electron chi connectivity index (χ4n) is 2.59. The molecule has 0 aliphatic heterocycles. The van der Waals surface area contributed by atoms with E-state index in [0.29, 0.717) is 11.8 Å². The lowest BCUT2D eigenvalue weighted by Gasteiger charge is -2.31. The minimum atomic E-state index is -0.00771. The van der Waals surface area contributed by atoms with E-state index in [1.165, 1.54) is 11.1 Å². The third-order valence-corrected chi connectivity index (χ3v) is 3.49. The smallest absolute Gasteiger partial charge is 0.115 e. The van der Waals surface area contributed by atoms with Crippen molar-refractivity contribution in [1.29, 1.82) is 0 Å². The van der Waals surface area contributed by atoms with Crippen LogP contribution >= 0.6 is 0 Å². The van der Waals surface area contributed by atoms with E-state index in [2.05, 4.69) is 50.4 Å². The minimum Gasteiger partial charge on any atom is -0.508 e. The number of phenolic OH excluding ortho intramolecular Hbond substituents is 1. The Morgan fingerprint density at radius 2 is 1.60 bits per heavy atom. The van der Waals surface area contributed by atoms with Gasteiger partial charge in [0, 0.05) is 11.6 Å². The van der Waals surface area contributed by atoms with E-state index in [0.717, 1.165) is 6.42 Å². The fourth-order valence-corrected chi connectivity index (χ4v) is 2.59. The third-order valence-electron chi connectivity index (χ3n) is 3.49. The molecule has 106 valence electrons. The van der Waals surface area contributed by atoms with Crippen molar-refractivity contribution in [2.24, 2.45) is 0 Å². The fraction of sp³-hybridized carbons (Fsp3) is 0.333. The van der Waals surface area contributed by atoms with E-state index in [4.69, 9.17) is 0 Å². The van der Waals surface area contributed by atoms with Crippen molar-refractivity contribution in [3.63, 3.8) is 0 Å². The van der Waals surface area contributed by atoms with Crippen LogP contribution in [0.15, 0.2) is 54.6 Å². The zero-order chi connectivity index (χ0) is 14.6.